The van der Waals surface area contributed by atoms with E-state index in [1.54, 1.807) is 11.8 Å². The van der Waals surface area contributed by atoms with Gasteiger partial charge in [0, 0.05) is 29.4 Å². The topological polar surface area (TPSA) is 69.6 Å². The van der Waals surface area contributed by atoms with Crippen molar-refractivity contribution in [3.8, 4) is 0 Å². The molecule has 1 amide bonds. The van der Waals surface area contributed by atoms with Crippen LogP contribution in [0.25, 0.3) is 0 Å². The van der Waals surface area contributed by atoms with Crippen molar-refractivity contribution in [3.63, 3.8) is 0 Å². The summed E-state index contributed by atoms with van der Waals surface area (Å²) < 4.78 is 0. The summed E-state index contributed by atoms with van der Waals surface area (Å²) in [6.07, 6.45) is 4.13. The number of nitrogens with zero attached hydrogens (tertiary/aromatic N) is 1. The van der Waals surface area contributed by atoms with Gasteiger partial charge in [-0.25, -0.2) is 0 Å². The Morgan fingerprint density at radius 2 is 2.08 bits per heavy atom. The van der Waals surface area contributed by atoms with Crippen molar-refractivity contribution < 1.29 is 14.7 Å². The van der Waals surface area contributed by atoms with Gasteiger partial charge in [0.15, 0.2) is 0 Å². The molecule has 142 valence electrons. The number of rotatable bonds is 10. The number of carbonyl (C=O) groups excluding carboxylic acids is 1. The molecule has 1 aromatic rings. The molecule has 0 saturated heterocycles. The van der Waals surface area contributed by atoms with Crippen molar-refractivity contribution in [1.29, 1.82) is 0 Å². The van der Waals surface area contributed by atoms with Crippen LogP contribution in [0.3, 0.4) is 0 Å². The lowest BCUT2D eigenvalue weighted by molar-refractivity contribution is -0.140. The number of halogens is 1. The summed E-state index contributed by atoms with van der Waals surface area (Å²) in [6, 6.07) is 8.14. The van der Waals surface area contributed by atoms with Gasteiger partial charge in [-0.15, -0.1) is 11.8 Å². The zero-order valence-electron chi connectivity index (χ0n) is 14.7. The Hall–Kier alpha value is -1.24. The zero-order valence-corrected chi connectivity index (χ0v) is 16.3. The highest BCUT2D eigenvalue weighted by molar-refractivity contribution is 7.99. The second-order valence-electron chi connectivity index (χ2n) is 7.28. The molecule has 2 saturated carbocycles. The average molecular weight is 397 g/mol. The highest BCUT2D eigenvalue weighted by Gasteiger charge is 2.37. The standard InChI is InChI=1S/C19H25ClN2O3S/c20-15-3-1-2-14(6-15)11-26-12-18(23)21-16-7-17(8-16)22(10-19(24)25)9-13-4-5-13/h1-3,6,13,16-17H,4-5,7-12H2,(H,21,23)(H,24,25). The van der Waals surface area contributed by atoms with Gasteiger partial charge >= 0.3 is 5.97 Å². The summed E-state index contributed by atoms with van der Waals surface area (Å²) in [5.74, 6) is 1.14. The second kappa shape index (κ2) is 9.11. The molecule has 7 heteroatoms. The minimum atomic E-state index is -0.768. The van der Waals surface area contributed by atoms with Crippen LogP contribution >= 0.6 is 23.4 Å². The van der Waals surface area contributed by atoms with E-state index >= 15 is 0 Å². The van der Waals surface area contributed by atoms with Crippen molar-refractivity contribution in [2.45, 2.75) is 43.5 Å². The normalized spacial score (nSPS) is 22.1. The lowest BCUT2D eigenvalue weighted by Gasteiger charge is -2.42. The quantitative estimate of drug-likeness (QED) is 0.636. The molecule has 0 aliphatic heterocycles. The number of hydrogen-bond donors (Lipinski definition) is 2. The number of benzene rings is 1. The molecule has 0 spiro atoms. The largest absolute Gasteiger partial charge is 0.480 e. The molecule has 2 N–H and O–H groups in total. The fourth-order valence-electron chi connectivity index (χ4n) is 3.31. The van der Waals surface area contributed by atoms with Crippen LogP contribution in [-0.2, 0) is 15.3 Å². The Bertz CT molecular complexity index is 647. The smallest absolute Gasteiger partial charge is 0.317 e. The monoisotopic (exact) mass is 396 g/mol. The van der Waals surface area contributed by atoms with Crippen molar-refractivity contribution in [2.75, 3.05) is 18.8 Å². The Morgan fingerprint density at radius 3 is 2.73 bits per heavy atom. The highest BCUT2D eigenvalue weighted by Crippen LogP contribution is 2.33. The third-order valence-electron chi connectivity index (χ3n) is 4.91. The van der Waals surface area contributed by atoms with Crippen molar-refractivity contribution in [2.24, 2.45) is 5.92 Å². The highest BCUT2D eigenvalue weighted by atomic mass is 35.5. The fraction of sp³-hybridized carbons (Fsp3) is 0.579. The molecule has 3 rings (SSSR count). The van der Waals surface area contributed by atoms with Crippen LogP contribution in [0.2, 0.25) is 5.02 Å². The van der Waals surface area contributed by atoms with E-state index < -0.39 is 5.97 Å². The van der Waals surface area contributed by atoms with Crippen LogP contribution in [0.15, 0.2) is 24.3 Å². The first-order valence-corrected chi connectivity index (χ1v) is 10.6. The van der Waals surface area contributed by atoms with E-state index in [9.17, 15) is 9.59 Å². The summed E-state index contributed by atoms with van der Waals surface area (Å²) in [5.41, 5.74) is 1.11. The predicted molar refractivity (Wildman–Crippen MR) is 104 cm³/mol. The van der Waals surface area contributed by atoms with Gasteiger partial charge < -0.3 is 10.4 Å². The van der Waals surface area contributed by atoms with E-state index in [4.69, 9.17) is 16.7 Å². The summed E-state index contributed by atoms with van der Waals surface area (Å²) >= 11 is 7.53. The number of carbonyl (C=O) groups is 2. The first-order chi connectivity index (χ1) is 12.5. The molecule has 0 aromatic heterocycles. The molecule has 2 aliphatic carbocycles. The van der Waals surface area contributed by atoms with Gasteiger partial charge in [-0.3, -0.25) is 14.5 Å². The van der Waals surface area contributed by atoms with Crippen LogP contribution in [0.4, 0.5) is 0 Å². The molecule has 1 aromatic carbocycles. The maximum absolute atomic E-state index is 12.1. The van der Waals surface area contributed by atoms with Gasteiger partial charge in [0.25, 0.3) is 0 Å². The predicted octanol–water partition coefficient (Wildman–Crippen LogP) is 3.02. The van der Waals surface area contributed by atoms with E-state index in [0.29, 0.717) is 16.7 Å². The third kappa shape index (κ3) is 6.18. The number of nitrogens with one attached hydrogen (secondary N) is 1. The maximum Gasteiger partial charge on any atom is 0.317 e. The number of aliphatic carboxylic acids is 1. The second-order valence-corrected chi connectivity index (χ2v) is 8.70. The summed E-state index contributed by atoms with van der Waals surface area (Å²) in [5, 5.41) is 12.9. The molecule has 0 atom stereocenters. The minimum Gasteiger partial charge on any atom is -0.480 e. The summed E-state index contributed by atoms with van der Waals surface area (Å²) in [6.45, 7) is 0.991. The summed E-state index contributed by atoms with van der Waals surface area (Å²) in [7, 11) is 0. The Balaban J connectivity index is 1.33. The van der Waals surface area contributed by atoms with Crippen LogP contribution in [-0.4, -0.2) is 52.8 Å². The molecule has 0 unspecified atom stereocenters. The van der Waals surface area contributed by atoms with Gasteiger partial charge in [0.05, 0.1) is 12.3 Å². The number of carboxylic acid groups (broad SMARTS) is 1. The van der Waals surface area contributed by atoms with Gasteiger partial charge in [-0.2, -0.15) is 0 Å². The number of carboxylic acids is 1. The minimum absolute atomic E-state index is 0.0486. The van der Waals surface area contributed by atoms with E-state index in [1.807, 2.05) is 24.3 Å². The lowest BCUT2D eigenvalue weighted by atomic mass is 9.85. The molecule has 0 heterocycles. The van der Waals surface area contributed by atoms with Crippen LogP contribution in [0.5, 0.6) is 0 Å². The van der Waals surface area contributed by atoms with Gasteiger partial charge in [0.1, 0.15) is 0 Å². The van der Waals surface area contributed by atoms with Crippen molar-refractivity contribution in [3.05, 3.63) is 34.9 Å². The number of amides is 1. The average Bonchev–Trinajstić information content (AvgIpc) is 3.33. The molecule has 0 radical (unpaired) electrons. The summed E-state index contributed by atoms with van der Waals surface area (Å²) in [4.78, 5) is 25.2. The molecule has 2 fully saturated rings. The molecular formula is C19H25ClN2O3S. The Kier molecular flexibility index (Phi) is 6.84. The van der Waals surface area contributed by atoms with Crippen LogP contribution in [0, 0.1) is 5.92 Å². The van der Waals surface area contributed by atoms with E-state index in [-0.39, 0.29) is 24.5 Å². The molecule has 5 nitrogen and oxygen atoms in total. The first-order valence-electron chi connectivity index (χ1n) is 9.07. The van der Waals surface area contributed by atoms with E-state index in [0.717, 1.165) is 30.7 Å². The van der Waals surface area contributed by atoms with Crippen LogP contribution < -0.4 is 5.32 Å². The van der Waals surface area contributed by atoms with E-state index in [1.165, 1.54) is 12.8 Å². The molecular weight excluding hydrogens is 372 g/mol. The number of hydrogen-bond acceptors (Lipinski definition) is 4. The molecule has 0 bridgehead atoms. The SMILES string of the molecule is O=C(O)CN(CC1CC1)C1CC(NC(=O)CSCc2cccc(Cl)c2)C1. The first kappa shape index (κ1) is 19.5. The Labute approximate surface area is 163 Å². The lowest BCUT2D eigenvalue weighted by Crippen LogP contribution is -2.55. The third-order valence-corrected chi connectivity index (χ3v) is 6.15. The zero-order chi connectivity index (χ0) is 18.5. The molecule has 26 heavy (non-hydrogen) atoms. The van der Waals surface area contributed by atoms with Gasteiger partial charge in [0.2, 0.25) is 5.91 Å². The van der Waals surface area contributed by atoms with E-state index in [2.05, 4.69) is 10.2 Å². The maximum atomic E-state index is 12.1. The Morgan fingerprint density at radius 1 is 1.31 bits per heavy atom. The van der Waals surface area contributed by atoms with Gasteiger partial charge in [-0.05, 0) is 49.3 Å². The van der Waals surface area contributed by atoms with Crippen LogP contribution in [0.1, 0.15) is 31.2 Å². The molecule has 2 aliphatic rings. The van der Waals surface area contributed by atoms with Crippen molar-refractivity contribution >= 4 is 35.2 Å². The van der Waals surface area contributed by atoms with Crippen molar-refractivity contribution in [1.82, 2.24) is 10.2 Å². The van der Waals surface area contributed by atoms with Gasteiger partial charge in [-0.1, -0.05) is 23.7 Å². The number of thioether (sulfide) groups is 1. The fourth-order valence-corrected chi connectivity index (χ4v) is 4.31.